The van der Waals surface area contributed by atoms with Gasteiger partial charge in [-0.1, -0.05) is 0 Å². The van der Waals surface area contributed by atoms with E-state index in [2.05, 4.69) is 10.4 Å². The molecule has 2 N–H and O–H groups in total. The number of carboxylic acid groups (broad SMARTS) is 1. The minimum absolute atomic E-state index is 0.346. The Kier molecular flexibility index (Phi) is 2.82. The van der Waals surface area contributed by atoms with Crippen LogP contribution in [0.25, 0.3) is 0 Å². The highest BCUT2D eigenvalue weighted by molar-refractivity contribution is 5.73. The Morgan fingerprint density at radius 1 is 1.83 bits per heavy atom. The predicted molar refractivity (Wildman–Crippen MR) is 42.7 cm³/mol. The number of likely N-dealkylation sites (N-methyl/N-ethyl adjacent to an activating group) is 1. The van der Waals surface area contributed by atoms with Crippen LogP contribution in [0.5, 0.6) is 0 Å². The van der Waals surface area contributed by atoms with Gasteiger partial charge < -0.3 is 10.4 Å². The van der Waals surface area contributed by atoms with Crippen molar-refractivity contribution in [3.63, 3.8) is 0 Å². The summed E-state index contributed by atoms with van der Waals surface area (Å²) in [6, 6.07) is 1.18. The van der Waals surface area contributed by atoms with Gasteiger partial charge in [-0.15, -0.1) is 0 Å². The molecule has 0 aliphatic heterocycles. The SMILES string of the molecule is CNC(Cn1cccn1)C(=O)O. The van der Waals surface area contributed by atoms with Gasteiger partial charge in [0.25, 0.3) is 0 Å². The lowest BCUT2D eigenvalue weighted by Gasteiger charge is -2.10. The van der Waals surface area contributed by atoms with Crippen molar-refractivity contribution in [1.82, 2.24) is 15.1 Å². The molecule has 1 atom stereocenters. The molecule has 12 heavy (non-hydrogen) atoms. The number of rotatable bonds is 4. The van der Waals surface area contributed by atoms with E-state index in [1.807, 2.05) is 0 Å². The molecular weight excluding hydrogens is 158 g/mol. The van der Waals surface area contributed by atoms with Crippen LogP contribution in [-0.4, -0.2) is 33.9 Å². The Balaban J connectivity index is 2.54. The van der Waals surface area contributed by atoms with E-state index in [0.29, 0.717) is 6.54 Å². The van der Waals surface area contributed by atoms with Gasteiger partial charge in [-0.3, -0.25) is 9.48 Å². The van der Waals surface area contributed by atoms with Crippen molar-refractivity contribution >= 4 is 5.97 Å². The van der Waals surface area contributed by atoms with Crippen LogP contribution in [0.15, 0.2) is 18.5 Å². The summed E-state index contributed by atoms with van der Waals surface area (Å²) in [6.07, 6.45) is 3.35. The lowest BCUT2D eigenvalue weighted by molar-refractivity contribution is -0.139. The first-order chi connectivity index (χ1) is 5.74. The van der Waals surface area contributed by atoms with Crippen LogP contribution in [0.3, 0.4) is 0 Å². The van der Waals surface area contributed by atoms with E-state index in [-0.39, 0.29) is 0 Å². The third-order valence-electron chi connectivity index (χ3n) is 1.58. The monoisotopic (exact) mass is 169 g/mol. The first-order valence-electron chi connectivity index (χ1n) is 3.61. The maximum atomic E-state index is 10.6. The molecule has 1 aromatic rings. The molecule has 0 aliphatic carbocycles. The number of aliphatic carboxylic acids is 1. The van der Waals surface area contributed by atoms with E-state index in [4.69, 9.17) is 5.11 Å². The van der Waals surface area contributed by atoms with Gasteiger partial charge in [-0.25, -0.2) is 0 Å². The highest BCUT2D eigenvalue weighted by Gasteiger charge is 2.14. The summed E-state index contributed by atoms with van der Waals surface area (Å²) >= 11 is 0. The van der Waals surface area contributed by atoms with Crippen molar-refractivity contribution in [2.45, 2.75) is 12.6 Å². The summed E-state index contributed by atoms with van der Waals surface area (Å²) in [5, 5.41) is 15.2. The zero-order valence-corrected chi connectivity index (χ0v) is 6.77. The summed E-state index contributed by atoms with van der Waals surface area (Å²) in [5.74, 6) is -0.868. The second-order valence-electron chi connectivity index (χ2n) is 2.41. The Bertz CT molecular complexity index is 245. The van der Waals surface area contributed by atoms with E-state index in [9.17, 15) is 4.79 Å². The van der Waals surface area contributed by atoms with E-state index in [1.54, 1.807) is 30.2 Å². The van der Waals surface area contributed by atoms with Crippen molar-refractivity contribution in [3.8, 4) is 0 Å². The molecule has 0 radical (unpaired) electrons. The van der Waals surface area contributed by atoms with Crippen molar-refractivity contribution < 1.29 is 9.90 Å². The number of hydrogen-bond acceptors (Lipinski definition) is 3. The predicted octanol–water partition coefficient (Wildman–Crippen LogP) is -0.444. The molecule has 66 valence electrons. The zero-order chi connectivity index (χ0) is 8.97. The lowest BCUT2D eigenvalue weighted by atomic mass is 10.3. The molecular formula is C7H11N3O2. The molecule has 1 rings (SSSR count). The van der Waals surface area contributed by atoms with Gasteiger partial charge >= 0.3 is 5.97 Å². The Morgan fingerprint density at radius 3 is 3.00 bits per heavy atom. The average Bonchev–Trinajstić information content (AvgIpc) is 2.51. The third-order valence-corrected chi connectivity index (χ3v) is 1.58. The summed E-state index contributed by atoms with van der Waals surface area (Å²) in [5.41, 5.74) is 0. The number of carbonyl (C=O) groups is 1. The highest BCUT2D eigenvalue weighted by atomic mass is 16.4. The van der Waals surface area contributed by atoms with Crippen molar-refractivity contribution in [1.29, 1.82) is 0 Å². The first-order valence-corrected chi connectivity index (χ1v) is 3.61. The minimum Gasteiger partial charge on any atom is -0.480 e. The molecule has 0 fully saturated rings. The fourth-order valence-electron chi connectivity index (χ4n) is 0.888. The van der Waals surface area contributed by atoms with Crippen LogP contribution >= 0.6 is 0 Å². The smallest absolute Gasteiger partial charge is 0.322 e. The molecule has 0 saturated heterocycles. The highest BCUT2D eigenvalue weighted by Crippen LogP contribution is 1.90. The Labute approximate surface area is 70.0 Å². The molecule has 5 nitrogen and oxygen atoms in total. The fourth-order valence-corrected chi connectivity index (χ4v) is 0.888. The number of aromatic nitrogens is 2. The van der Waals surface area contributed by atoms with Gasteiger partial charge in [0.2, 0.25) is 0 Å². The van der Waals surface area contributed by atoms with Crippen LogP contribution in [-0.2, 0) is 11.3 Å². The van der Waals surface area contributed by atoms with Crippen molar-refractivity contribution in [2.24, 2.45) is 0 Å². The second kappa shape index (κ2) is 3.87. The van der Waals surface area contributed by atoms with Crippen LogP contribution in [0, 0.1) is 0 Å². The minimum atomic E-state index is -0.868. The van der Waals surface area contributed by atoms with E-state index >= 15 is 0 Å². The standard InChI is InChI=1S/C7H11N3O2/c1-8-6(7(11)12)5-10-4-2-3-9-10/h2-4,6,8H,5H2,1H3,(H,11,12). The Morgan fingerprint density at radius 2 is 2.58 bits per heavy atom. The topological polar surface area (TPSA) is 67.2 Å². The molecule has 1 heterocycles. The van der Waals surface area contributed by atoms with Gasteiger partial charge in [0.15, 0.2) is 0 Å². The van der Waals surface area contributed by atoms with Gasteiger partial charge in [0, 0.05) is 12.4 Å². The molecule has 0 aliphatic rings. The van der Waals surface area contributed by atoms with Crippen LogP contribution < -0.4 is 5.32 Å². The van der Waals surface area contributed by atoms with Gasteiger partial charge in [0.1, 0.15) is 6.04 Å². The molecule has 1 unspecified atom stereocenters. The maximum Gasteiger partial charge on any atom is 0.322 e. The summed E-state index contributed by atoms with van der Waals surface area (Å²) in [6.45, 7) is 0.346. The summed E-state index contributed by atoms with van der Waals surface area (Å²) in [4.78, 5) is 10.6. The molecule has 0 bridgehead atoms. The number of carboxylic acids is 1. The lowest BCUT2D eigenvalue weighted by Crippen LogP contribution is -2.37. The van der Waals surface area contributed by atoms with Crippen molar-refractivity contribution in [2.75, 3.05) is 7.05 Å². The van der Waals surface area contributed by atoms with Crippen LogP contribution in [0.4, 0.5) is 0 Å². The molecule has 0 spiro atoms. The summed E-state index contributed by atoms with van der Waals surface area (Å²) in [7, 11) is 1.61. The molecule has 0 saturated carbocycles. The largest absolute Gasteiger partial charge is 0.480 e. The molecule has 0 aromatic carbocycles. The number of nitrogens with zero attached hydrogens (tertiary/aromatic N) is 2. The molecule has 5 heteroatoms. The zero-order valence-electron chi connectivity index (χ0n) is 6.77. The first kappa shape index (κ1) is 8.73. The van der Waals surface area contributed by atoms with E-state index in [1.165, 1.54) is 0 Å². The van der Waals surface area contributed by atoms with E-state index < -0.39 is 12.0 Å². The van der Waals surface area contributed by atoms with E-state index in [0.717, 1.165) is 0 Å². The van der Waals surface area contributed by atoms with Gasteiger partial charge in [-0.05, 0) is 13.1 Å². The number of hydrogen-bond donors (Lipinski definition) is 2. The quantitative estimate of drug-likeness (QED) is 0.641. The Hall–Kier alpha value is -1.36. The fraction of sp³-hybridized carbons (Fsp3) is 0.429. The summed E-state index contributed by atoms with van der Waals surface area (Å²) < 4.78 is 1.58. The average molecular weight is 169 g/mol. The third kappa shape index (κ3) is 2.06. The normalized spacial score (nSPS) is 12.8. The molecule has 1 aromatic heterocycles. The van der Waals surface area contributed by atoms with Crippen LogP contribution in [0.1, 0.15) is 0 Å². The van der Waals surface area contributed by atoms with Gasteiger partial charge in [-0.2, -0.15) is 5.10 Å². The molecule has 0 amide bonds. The second-order valence-corrected chi connectivity index (χ2v) is 2.41. The van der Waals surface area contributed by atoms with Crippen LogP contribution in [0.2, 0.25) is 0 Å². The maximum absolute atomic E-state index is 10.6. The van der Waals surface area contributed by atoms with Gasteiger partial charge in [0.05, 0.1) is 6.54 Å². The van der Waals surface area contributed by atoms with Crippen molar-refractivity contribution in [3.05, 3.63) is 18.5 Å². The number of nitrogens with one attached hydrogen (secondary N) is 1.